The topological polar surface area (TPSA) is 111 Å². The number of rotatable bonds is 7. The first-order valence-corrected chi connectivity index (χ1v) is 13.4. The molecule has 0 aromatic heterocycles. The fourth-order valence-corrected chi connectivity index (χ4v) is 4.72. The SMILES string of the molecule is CC(C[C@H]1CN(c2ccc(C#CC3CC3)cc2)C(=O)O1)(C(=O)NOC1CCCCO1)S(C)(=O)=O. The monoisotopic (exact) mass is 490 g/mol. The molecule has 2 amide bonds. The quantitative estimate of drug-likeness (QED) is 0.462. The summed E-state index contributed by atoms with van der Waals surface area (Å²) in [5.41, 5.74) is 3.73. The fourth-order valence-electron chi connectivity index (χ4n) is 3.85. The third-order valence-electron chi connectivity index (χ3n) is 6.39. The average Bonchev–Trinajstić information content (AvgIpc) is 3.57. The Morgan fingerprint density at radius 2 is 1.97 bits per heavy atom. The van der Waals surface area contributed by atoms with E-state index in [4.69, 9.17) is 14.3 Å². The number of ether oxygens (including phenoxy) is 2. The van der Waals surface area contributed by atoms with Gasteiger partial charge in [-0.15, -0.1) is 0 Å². The zero-order valence-corrected chi connectivity index (χ0v) is 20.2. The van der Waals surface area contributed by atoms with E-state index in [1.165, 1.54) is 11.8 Å². The highest BCUT2D eigenvalue weighted by Crippen LogP contribution is 2.31. The molecule has 1 saturated carbocycles. The highest BCUT2D eigenvalue weighted by Gasteiger charge is 2.48. The van der Waals surface area contributed by atoms with Crippen molar-refractivity contribution in [3.05, 3.63) is 29.8 Å². The Labute approximate surface area is 200 Å². The van der Waals surface area contributed by atoms with Crippen molar-refractivity contribution in [1.29, 1.82) is 0 Å². The molecule has 2 unspecified atom stereocenters. The Hall–Kier alpha value is -2.61. The second kappa shape index (κ2) is 9.94. The van der Waals surface area contributed by atoms with Crippen molar-refractivity contribution in [2.45, 2.75) is 62.6 Å². The van der Waals surface area contributed by atoms with Crippen LogP contribution < -0.4 is 10.4 Å². The molecule has 1 aromatic rings. The van der Waals surface area contributed by atoms with Gasteiger partial charge in [-0.05, 0) is 56.9 Å². The number of cyclic esters (lactones) is 1. The van der Waals surface area contributed by atoms with Gasteiger partial charge < -0.3 is 9.47 Å². The highest BCUT2D eigenvalue weighted by atomic mass is 32.2. The van der Waals surface area contributed by atoms with Crippen LogP contribution in [0.2, 0.25) is 0 Å². The van der Waals surface area contributed by atoms with E-state index >= 15 is 0 Å². The van der Waals surface area contributed by atoms with Gasteiger partial charge in [-0.25, -0.2) is 23.5 Å². The van der Waals surface area contributed by atoms with E-state index in [2.05, 4.69) is 17.3 Å². The highest BCUT2D eigenvalue weighted by molar-refractivity contribution is 7.92. The Morgan fingerprint density at radius 1 is 1.24 bits per heavy atom. The van der Waals surface area contributed by atoms with Crippen molar-refractivity contribution >= 4 is 27.5 Å². The number of anilines is 1. The number of carbonyl (C=O) groups is 2. The standard InChI is InChI=1S/C24H30N2O7S/c1-24(34(2,29)30,22(27)25-33-21-5-3-4-14-31-21)15-20-16-26(23(28)32-20)19-12-10-18(11-13-19)9-8-17-6-7-17/h10-13,17,20-21H,3-7,14-16H2,1-2H3,(H,25,27)/t20-,21?,24?/m0/s1. The summed E-state index contributed by atoms with van der Waals surface area (Å²) >= 11 is 0. The van der Waals surface area contributed by atoms with Gasteiger partial charge in [-0.2, -0.15) is 0 Å². The molecular weight excluding hydrogens is 460 g/mol. The summed E-state index contributed by atoms with van der Waals surface area (Å²) in [5, 5.41) is 0. The first kappa shape index (κ1) is 24.5. The van der Waals surface area contributed by atoms with E-state index in [-0.39, 0.29) is 13.0 Å². The lowest BCUT2D eigenvalue weighted by Crippen LogP contribution is -2.53. The Balaban J connectivity index is 1.40. The molecule has 2 saturated heterocycles. The van der Waals surface area contributed by atoms with Gasteiger partial charge in [0, 0.05) is 42.9 Å². The van der Waals surface area contributed by atoms with Gasteiger partial charge in [0.25, 0.3) is 5.91 Å². The molecule has 34 heavy (non-hydrogen) atoms. The van der Waals surface area contributed by atoms with Crippen molar-refractivity contribution in [1.82, 2.24) is 5.48 Å². The number of carbonyl (C=O) groups excluding carboxylic acids is 2. The van der Waals surface area contributed by atoms with Gasteiger partial charge in [-0.1, -0.05) is 11.8 Å². The van der Waals surface area contributed by atoms with Crippen molar-refractivity contribution in [2.24, 2.45) is 5.92 Å². The van der Waals surface area contributed by atoms with Crippen LogP contribution in [0.25, 0.3) is 0 Å². The summed E-state index contributed by atoms with van der Waals surface area (Å²) in [6.07, 6.45) is 3.49. The fraction of sp³-hybridized carbons (Fsp3) is 0.583. The molecule has 4 rings (SSSR count). The lowest BCUT2D eigenvalue weighted by molar-refractivity contribution is -0.201. The summed E-state index contributed by atoms with van der Waals surface area (Å²) < 4.78 is 34.2. The van der Waals surface area contributed by atoms with E-state index in [1.54, 1.807) is 12.1 Å². The molecule has 0 bridgehead atoms. The molecular formula is C24H30N2O7S. The van der Waals surface area contributed by atoms with Crippen LogP contribution in [0.1, 0.15) is 51.0 Å². The van der Waals surface area contributed by atoms with Crippen LogP contribution >= 0.6 is 0 Å². The largest absolute Gasteiger partial charge is 0.444 e. The predicted molar refractivity (Wildman–Crippen MR) is 124 cm³/mol. The molecule has 3 aliphatic rings. The van der Waals surface area contributed by atoms with Crippen LogP contribution in [0.15, 0.2) is 24.3 Å². The van der Waals surface area contributed by atoms with Crippen LogP contribution in [-0.4, -0.2) is 57.0 Å². The van der Waals surface area contributed by atoms with Crippen molar-refractivity contribution < 1.29 is 32.3 Å². The zero-order chi connectivity index (χ0) is 24.3. The summed E-state index contributed by atoms with van der Waals surface area (Å²) in [6, 6.07) is 7.23. The third kappa shape index (κ3) is 5.71. The summed E-state index contributed by atoms with van der Waals surface area (Å²) in [5.74, 6) is 5.99. The van der Waals surface area contributed by atoms with Gasteiger partial charge in [0.05, 0.1) is 6.54 Å². The predicted octanol–water partition coefficient (Wildman–Crippen LogP) is 2.54. The minimum atomic E-state index is -3.88. The van der Waals surface area contributed by atoms with Crippen LogP contribution in [0.5, 0.6) is 0 Å². The number of amides is 2. The second-order valence-electron chi connectivity index (χ2n) is 9.26. The number of nitrogens with zero attached hydrogens (tertiary/aromatic N) is 1. The molecule has 184 valence electrons. The number of sulfone groups is 1. The molecule has 0 radical (unpaired) electrons. The normalized spacial score (nSPS) is 24.5. The molecule has 3 fully saturated rings. The lowest BCUT2D eigenvalue weighted by Gasteiger charge is -2.29. The van der Waals surface area contributed by atoms with Crippen LogP contribution in [-0.2, 0) is 28.9 Å². The molecule has 2 aliphatic heterocycles. The van der Waals surface area contributed by atoms with Crippen molar-refractivity contribution in [3.8, 4) is 11.8 Å². The van der Waals surface area contributed by atoms with Crippen molar-refractivity contribution in [2.75, 3.05) is 24.3 Å². The maximum absolute atomic E-state index is 12.9. The van der Waals surface area contributed by atoms with Crippen LogP contribution in [0.3, 0.4) is 0 Å². The molecule has 0 spiro atoms. The van der Waals surface area contributed by atoms with Crippen molar-refractivity contribution in [3.63, 3.8) is 0 Å². The maximum atomic E-state index is 12.9. The average molecular weight is 491 g/mol. The minimum absolute atomic E-state index is 0.122. The van der Waals surface area contributed by atoms with Gasteiger partial charge in [-0.3, -0.25) is 9.69 Å². The number of benzene rings is 1. The Bertz CT molecular complexity index is 1080. The third-order valence-corrected chi connectivity index (χ3v) is 8.38. The molecule has 1 aliphatic carbocycles. The van der Waals surface area contributed by atoms with Crippen LogP contribution in [0, 0.1) is 17.8 Å². The Kier molecular flexibility index (Phi) is 7.17. The van der Waals surface area contributed by atoms with E-state index in [0.29, 0.717) is 24.6 Å². The smallest absolute Gasteiger partial charge is 0.414 e. The zero-order valence-electron chi connectivity index (χ0n) is 19.4. The molecule has 3 atom stereocenters. The molecule has 9 nitrogen and oxygen atoms in total. The van der Waals surface area contributed by atoms with E-state index < -0.39 is 39.0 Å². The van der Waals surface area contributed by atoms with Crippen LogP contribution in [0.4, 0.5) is 10.5 Å². The Morgan fingerprint density at radius 3 is 2.59 bits per heavy atom. The second-order valence-corrected chi connectivity index (χ2v) is 11.7. The maximum Gasteiger partial charge on any atom is 0.414 e. The van der Waals surface area contributed by atoms with E-state index in [9.17, 15) is 18.0 Å². The first-order chi connectivity index (χ1) is 16.2. The number of hydrogen-bond acceptors (Lipinski definition) is 7. The number of nitrogens with one attached hydrogen (secondary N) is 1. The summed E-state index contributed by atoms with van der Waals surface area (Å²) in [7, 11) is -3.88. The van der Waals surface area contributed by atoms with E-state index in [0.717, 1.165) is 37.5 Å². The van der Waals surface area contributed by atoms with Gasteiger partial charge in [0.15, 0.2) is 20.9 Å². The molecule has 1 N–H and O–H groups in total. The van der Waals surface area contributed by atoms with E-state index in [1.807, 2.05) is 12.1 Å². The van der Waals surface area contributed by atoms with Gasteiger partial charge in [0.2, 0.25) is 0 Å². The van der Waals surface area contributed by atoms with Gasteiger partial charge in [0.1, 0.15) is 6.10 Å². The summed E-state index contributed by atoms with van der Waals surface area (Å²) in [4.78, 5) is 32.1. The number of hydroxylamine groups is 1. The lowest BCUT2D eigenvalue weighted by atomic mass is 10.0. The molecule has 2 heterocycles. The minimum Gasteiger partial charge on any atom is -0.444 e. The summed E-state index contributed by atoms with van der Waals surface area (Å²) in [6.45, 7) is 1.95. The first-order valence-electron chi connectivity index (χ1n) is 11.5. The number of hydrogen-bond donors (Lipinski definition) is 1. The molecule has 1 aromatic carbocycles. The van der Waals surface area contributed by atoms with Gasteiger partial charge >= 0.3 is 6.09 Å². The molecule has 10 heteroatoms.